The van der Waals surface area contributed by atoms with Crippen molar-refractivity contribution in [2.24, 2.45) is 5.92 Å². The molecule has 138 valence electrons. The average molecular weight is 345 g/mol. The second kappa shape index (κ2) is 7.98. The van der Waals surface area contributed by atoms with Gasteiger partial charge in [-0.3, -0.25) is 4.90 Å². The number of rotatable bonds is 4. The summed E-state index contributed by atoms with van der Waals surface area (Å²) in [7, 11) is 2.21. The third kappa shape index (κ3) is 4.13. The Labute approximate surface area is 151 Å². The Morgan fingerprint density at radius 1 is 1.12 bits per heavy atom. The van der Waals surface area contributed by atoms with Gasteiger partial charge in [-0.2, -0.15) is 0 Å². The van der Waals surface area contributed by atoms with E-state index in [2.05, 4.69) is 32.1 Å². The van der Waals surface area contributed by atoms with E-state index in [1.807, 2.05) is 0 Å². The molecule has 3 aliphatic rings. The first-order chi connectivity index (χ1) is 12.3. The van der Waals surface area contributed by atoms with Gasteiger partial charge >= 0.3 is 0 Å². The zero-order valence-electron chi connectivity index (χ0n) is 15.4. The van der Waals surface area contributed by atoms with Gasteiger partial charge in [0.1, 0.15) is 12.1 Å². The molecule has 0 amide bonds. The van der Waals surface area contributed by atoms with Crippen LogP contribution in [-0.4, -0.2) is 78.8 Å². The summed E-state index contributed by atoms with van der Waals surface area (Å²) in [4.78, 5) is 14.2. The van der Waals surface area contributed by atoms with Crippen LogP contribution in [0.25, 0.3) is 0 Å². The lowest BCUT2D eigenvalue weighted by molar-refractivity contribution is 0.0355. The molecule has 3 aliphatic heterocycles. The molecule has 6 nitrogen and oxygen atoms in total. The molecular formula is C19H31N5O. The van der Waals surface area contributed by atoms with E-state index in [0.717, 1.165) is 57.4 Å². The fraction of sp³-hybridized carbons (Fsp3) is 0.789. The van der Waals surface area contributed by atoms with Crippen molar-refractivity contribution in [3.63, 3.8) is 0 Å². The molecule has 0 unspecified atom stereocenters. The van der Waals surface area contributed by atoms with Gasteiger partial charge < -0.3 is 15.0 Å². The first-order valence-electron chi connectivity index (χ1n) is 9.86. The second-order valence-electron chi connectivity index (χ2n) is 7.82. The highest BCUT2D eigenvalue weighted by atomic mass is 16.5. The molecule has 2 fully saturated rings. The molecule has 1 N–H and O–H groups in total. The summed E-state index contributed by atoms with van der Waals surface area (Å²) in [6.45, 7) is 7.49. The van der Waals surface area contributed by atoms with Crippen molar-refractivity contribution in [2.45, 2.75) is 38.1 Å². The fourth-order valence-electron chi connectivity index (χ4n) is 4.55. The van der Waals surface area contributed by atoms with E-state index in [1.54, 1.807) is 6.33 Å². The molecule has 0 aliphatic carbocycles. The third-order valence-corrected chi connectivity index (χ3v) is 6.07. The molecule has 0 bridgehead atoms. The average Bonchev–Trinajstić information content (AvgIpc) is 2.94. The number of anilines is 1. The highest BCUT2D eigenvalue weighted by molar-refractivity contribution is 5.46. The molecule has 1 aromatic rings. The van der Waals surface area contributed by atoms with Gasteiger partial charge in [-0.25, -0.2) is 9.97 Å². The van der Waals surface area contributed by atoms with Gasteiger partial charge in [0.15, 0.2) is 0 Å². The normalized spacial score (nSPS) is 26.4. The first kappa shape index (κ1) is 17.2. The van der Waals surface area contributed by atoms with Gasteiger partial charge in [0.2, 0.25) is 0 Å². The smallest absolute Gasteiger partial charge is 0.132 e. The van der Waals surface area contributed by atoms with Crippen molar-refractivity contribution in [3.05, 3.63) is 17.6 Å². The molecule has 1 atom stereocenters. The highest BCUT2D eigenvalue weighted by Gasteiger charge is 2.26. The van der Waals surface area contributed by atoms with Crippen LogP contribution in [0.2, 0.25) is 0 Å². The van der Waals surface area contributed by atoms with Crippen LogP contribution in [0.5, 0.6) is 0 Å². The van der Waals surface area contributed by atoms with Gasteiger partial charge in [-0.1, -0.05) is 0 Å². The van der Waals surface area contributed by atoms with E-state index in [9.17, 15) is 0 Å². The molecule has 2 saturated heterocycles. The van der Waals surface area contributed by atoms with Crippen molar-refractivity contribution in [1.29, 1.82) is 0 Å². The Morgan fingerprint density at radius 2 is 1.96 bits per heavy atom. The van der Waals surface area contributed by atoms with Gasteiger partial charge in [0.25, 0.3) is 0 Å². The minimum Gasteiger partial charge on any atom is -0.381 e. The molecule has 6 heteroatoms. The van der Waals surface area contributed by atoms with E-state index < -0.39 is 0 Å². The van der Waals surface area contributed by atoms with E-state index in [4.69, 9.17) is 4.74 Å². The van der Waals surface area contributed by atoms with Crippen molar-refractivity contribution in [3.8, 4) is 0 Å². The van der Waals surface area contributed by atoms with Gasteiger partial charge in [-0.05, 0) is 45.2 Å². The predicted octanol–water partition coefficient (Wildman–Crippen LogP) is 1.42. The Bertz CT molecular complexity index is 575. The summed E-state index contributed by atoms with van der Waals surface area (Å²) >= 11 is 0. The van der Waals surface area contributed by atoms with Crippen LogP contribution in [-0.2, 0) is 17.6 Å². The zero-order chi connectivity index (χ0) is 17.1. The Kier molecular flexibility index (Phi) is 5.48. The number of nitrogens with zero attached hydrogens (tertiary/aromatic N) is 4. The largest absolute Gasteiger partial charge is 0.381 e. The lowest BCUT2D eigenvalue weighted by atomic mass is 10.1. The lowest BCUT2D eigenvalue weighted by Crippen LogP contribution is -2.40. The summed E-state index contributed by atoms with van der Waals surface area (Å²) < 4.78 is 5.53. The molecule has 4 rings (SSSR count). The Balaban J connectivity index is 1.40. The standard InChI is InChI=1S/C19H31N5O/c1-23-7-2-15(13-23)12-20-19-17-3-8-24(16-5-10-25-11-6-16)9-4-18(17)21-14-22-19/h14-16H,2-13H2,1H3,(H,20,21,22)/t15-/m1/s1. The summed E-state index contributed by atoms with van der Waals surface area (Å²) in [6, 6.07) is 0.682. The third-order valence-electron chi connectivity index (χ3n) is 6.07. The predicted molar refractivity (Wildman–Crippen MR) is 98.9 cm³/mol. The van der Waals surface area contributed by atoms with Crippen LogP contribution >= 0.6 is 0 Å². The quantitative estimate of drug-likeness (QED) is 0.891. The molecule has 4 heterocycles. The zero-order valence-corrected chi connectivity index (χ0v) is 15.4. The number of aromatic nitrogens is 2. The molecule has 1 aromatic heterocycles. The van der Waals surface area contributed by atoms with Crippen molar-refractivity contribution >= 4 is 5.82 Å². The maximum Gasteiger partial charge on any atom is 0.132 e. The van der Waals surface area contributed by atoms with Crippen LogP contribution in [0.1, 0.15) is 30.5 Å². The minimum atomic E-state index is 0.682. The molecular weight excluding hydrogens is 314 g/mol. The second-order valence-corrected chi connectivity index (χ2v) is 7.82. The van der Waals surface area contributed by atoms with E-state index in [1.165, 1.54) is 43.6 Å². The van der Waals surface area contributed by atoms with Crippen LogP contribution in [0.4, 0.5) is 5.82 Å². The van der Waals surface area contributed by atoms with Crippen LogP contribution < -0.4 is 5.32 Å². The van der Waals surface area contributed by atoms with E-state index >= 15 is 0 Å². The van der Waals surface area contributed by atoms with Crippen molar-refractivity contribution in [2.75, 3.05) is 58.3 Å². The highest BCUT2D eigenvalue weighted by Crippen LogP contribution is 2.24. The Morgan fingerprint density at radius 3 is 2.76 bits per heavy atom. The summed E-state index contributed by atoms with van der Waals surface area (Å²) in [5.41, 5.74) is 2.60. The number of hydrogen-bond donors (Lipinski definition) is 1. The van der Waals surface area contributed by atoms with Gasteiger partial charge in [0.05, 0.1) is 5.69 Å². The monoisotopic (exact) mass is 345 g/mol. The molecule has 0 radical (unpaired) electrons. The maximum absolute atomic E-state index is 5.53. The Hall–Kier alpha value is -1.24. The summed E-state index contributed by atoms with van der Waals surface area (Å²) in [5.74, 6) is 1.81. The van der Waals surface area contributed by atoms with Gasteiger partial charge in [0, 0.05) is 57.4 Å². The van der Waals surface area contributed by atoms with Crippen LogP contribution in [0.3, 0.4) is 0 Å². The SMILES string of the molecule is CN1CC[C@H](CNc2ncnc3c2CCN(C2CCOCC2)CC3)C1. The number of ether oxygens (including phenoxy) is 1. The molecule has 0 saturated carbocycles. The first-order valence-corrected chi connectivity index (χ1v) is 9.86. The number of likely N-dealkylation sites (tertiary alicyclic amines) is 1. The fourth-order valence-corrected chi connectivity index (χ4v) is 4.55. The molecule has 0 aromatic carbocycles. The van der Waals surface area contributed by atoms with E-state index in [0.29, 0.717) is 6.04 Å². The van der Waals surface area contributed by atoms with Gasteiger partial charge in [-0.15, -0.1) is 0 Å². The summed E-state index contributed by atoms with van der Waals surface area (Å²) in [6.07, 6.45) is 7.46. The maximum atomic E-state index is 5.53. The number of nitrogens with one attached hydrogen (secondary N) is 1. The van der Waals surface area contributed by atoms with Crippen molar-refractivity contribution in [1.82, 2.24) is 19.8 Å². The van der Waals surface area contributed by atoms with Crippen LogP contribution in [0, 0.1) is 5.92 Å². The van der Waals surface area contributed by atoms with Crippen LogP contribution in [0.15, 0.2) is 6.33 Å². The topological polar surface area (TPSA) is 53.5 Å². The summed E-state index contributed by atoms with van der Waals surface area (Å²) in [5, 5.41) is 3.64. The number of fused-ring (bicyclic) bond motifs is 1. The molecule has 25 heavy (non-hydrogen) atoms. The van der Waals surface area contributed by atoms with E-state index in [-0.39, 0.29) is 0 Å². The van der Waals surface area contributed by atoms with Crippen molar-refractivity contribution < 1.29 is 4.74 Å². The minimum absolute atomic E-state index is 0.682. The molecule has 0 spiro atoms. The lowest BCUT2D eigenvalue weighted by Gasteiger charge is -2.33. The number of hydrogen-bond acceptors (Lipinski definition) is 6.